The van der Waals surface area contributed by atoms with Gasteiger partial charge in [0.05, 0.1) is 12.3 Å². The highest BCUT2D eigenvalue weighted by atomic mass is 19.4. The highest BCUT2D eigenvalue weighted by Gasteiger charge is 2.32. The number of pyridine rings is 1. The fourth-order valence-corrected chi connectivity index (χ4v) is 1.53. The molecule has 2 N–H and O–H groups in total. The van der Waals surface area contributed by atoms with E-state index in [1.165, 1.54) is 44.5 Å². The number of nitrogens with one attached hydrogen (secondary N) is 1. The van der Waals surface area contributed by atoms with E-state index in [9.17, 15) is 13.2 Å². The van der Waals surface area contributed by atoms with Crippen LogP contribution >= 0.6 is 0 Å². The van der Waals surface area contributed by atoms with Crippen LogP contribution in [0.2, 0.25) is 0 Å². The van der Waals surface area contributed by atoms with Crippen LogP contribution < -0.4 is 5.32 Å². The molecule has 1 aromatic rings. The SMILES string of the molecule is C1CCNCC1.OCc1cccc(C(F)(F)F)n1. The molecule has 0 amide bonds. The van der Waals surface area contributed by atoms with E-state index in [-0.39, 0.29) is 5.69 Å². The molecule has 0 aliphatic carbocycles. The zero-order valence-electron chi connectivity index (χ0n) is 10.0. The quantitative estimate of drug-likeness (QED) is 0.816. The van der Waals surface area contributed by atoms with Crippen LogP contribution in [0.25, 0.3) is 0 Å². The Hall–Kier alpha value is -1.14. The van der Waals surface area contributed by atoms with Crippen molar-refractivity contribution < 1.29 is 18.3 Å². The molecule has 0 atom stereocenters. The molecule has 0 aromatic carbocycles. The van der Waals surface area contributed by atoms with Crippen LogP contribution in [0, 0.1) is 0 Å². The first-order valence-corrected chi connectivity index (χ1v) is 5.89. The van der Waals surface area contributed by atoms with Gasteiger partial charge in [0.25, 0.3) is 0 Å². The molecule has 0 spiro atoms. The van der Waals surface area contributed by atoms with Crippen molar-refractivity contribution >= 4 is 0 Å². The fraction of sp³-hybridized carbons (Fsp3) is 0.583. The zero-order chi connectivity index (χ0) is 13.4. The molecule has 1 aliphatic rings. The van der Waals surface area contributed by atoms with Crippen molar-refractivity contribution in [3.63, 3.8) is 0 Å². The summed E-state index contributed by atoms with van der Waals surface area (Å²) in [6, 6.07) is 3.40. The molecule has 0 unspecified atom stereocenters. The summed E-state index contributed by atoms with van der Waals surface area (Å²) in [5.74, 6) is 0. The Bertz CT molecular complexity index is 340. The normalized spacial score (nSPS) is 15.8. The van der Waals surface area contributed by atoms with Crippen LogP contribution in [0.5, 0.6) is 0 Å². The van der Waals surface area contributed by atoms with Gasteiger partial charge in [-0.15, -0.1) is 0 Å². The predicted octanol–water partition coefficient (Wildman–Crippen LogP) is 2.35. The van der Waals surface area contributed by atoms with E-state index >= 15 is 0 Å². The molecule has 0 saturated carbocycles. The molecule has 2 heterocycles. The van der Waals surface area contributed by atoms with Gasteiger partial charge in [0.1, 0.15) is 5.69 Å². The number of nitrogens with zero attached hydrogens (tertiary/aromatic N) is 1. The molecule has 1 aliphatic heterocycles. The van der Waals surface area contributed by atoms with E-state index in [2.05, 4.69) is 10.3 Å². The lowest BCUT2D eigenvalue weighted by molar-refractivity contribution is -0.141. The number of aliphatic hydroxyl groups is 1. The summed E-state index contributed by atoms with van der Waals surface area (Å²) >= 11 is 0. The third-order valence-corrected chi connectivity index (χ3v) is 2.47. The molecule has 6 heteroatoms. The van der Waals surface area contributed by atoms with Gasteiger partial charge >= 0.3 is 6.18 Å². The molecule has 0 radical (unpaired) electrons. The monoisotopic (exact) mass is 262 g/mol. The first-order chi connectivity index (χ1) is 8.54. The van der Waals surface area contributed by atoms with Gasteiger partial charge < -0.3 is 10.4 Å². The van der Waals surface area contributed by atoms with Crippen molar-refractivity contribution in [3.8, 4) is 0 Å². The van der Waals surface area contributed by atoms with Gasteiger partial charge in [-0.05, 0) is 38.1 Å². The Morgan fingerprint density at radius 2 is 1.83 bits per heavy atom. The number of hydrogen-bond donors (Lipinski definition) is 2. The van der Waals surface area contributed by atoms with E-state index in [1.54, 1.807) is 0 Å². The van der Waals surface area contributed by atoms with Gasteiger partial charge in [0.15, 0.2) is 0 Å². The number of hydrogen-bond acceptors (Lipinski definition) is 3. The topological polar surface area (TPSA) is 45.1 Å². The summed E-state index contributed by atoms with van der Waals surface area (Å²) in [6.45, 7) is 2.02. The van der Waals surface area contributed by atoms with Gasteiger partial charge in [-0.25, -0.2) is 4.98 Å². The van der Waals surface area contributed by atoms with E-state index in [0.29, 0.717) is 0 Å². The van der Waals surface area contributed by atoms with Crippen molar-refractivity contribution in [1.82, 2.24) is 10.3 Å². The Balaban J connectivity index is 0.000000225. The van der Waals surface area contributed by atoms with Crippen molar-refractivity contribution in [2.24, 2.45) is 0 Å². The van der Waals surface area contributed by atoms with Crippen LogP contribution in [0.15, 0.2) is 18.2 Å². The van der Waals surface area contributed by atoms with Crippen molar-refractivity contribution in [2.75, 3.05) is 13.1 Å². The highest BCUT2D eigenvalue weighted by Crippen LogP contribution is 2.27. The van der Waals surface area contributed by atoms with E-state index in [4.69, 9.17) is 5.11 Å². The molecule has 1 saturated heterocycles. The fourth-order valence-electron chi connectivity index (χ4n) is 1.53. The third-order valence-electron chi connectivity index (χ3n) is 2.47. The molecule has 1 aromatic heterocycles. The number of aromatic nitrogens is 1. The first-order valence-electron chi connectivity index (χ1n) is 5.89. The van der Waals surface area contributed by atoms with Crippen LogP contribution in [-0.4, -0.2) is 23.2 Å². The average Bonchev–Trinajstić information content (AvgIpc) is 2.40. The maximum absolute atomic E-state index is 12.0. The van der Waals surface area contributed by atoms with Gasteiger partial charge in [0.2, 0.25) is 0 Å². The first kappa shape index (κ1) is 14.9. The van der Waals surface area contributed by atoms with Crippen LogP contribution in [0.3, 0.4) is 0 Å². The second-order valence-electron chi connectivity index (χ2n) is 3.98. The number of piperidine rings is 1. The van der Waals surface area contributed by atoms with E-state index in [1.807, 2.05) is 0 Å². The molecule has 18 heavy (non-hydrogen) atoms. The molecule has 1 fully saturated rings. The zero-order valence-corrected chi connectivity index (χ0v) is 10.0. The van der Waals surface area contributed by atoms with Gasteiger partial charge in [-0.3, -0.25) is 0 Å². The Morgan fingerprint density at radius 3 is 2.22 bits per heavy atom. The molecule has 2 rings (SSSR count). The minimum absolute atomic E-state index is 0.0184. The maximum Gasteiger partial charge on any atom is 0.433 e. The van der Waals surface area contributed by atoms with Crippen LogP contribution in [0.4, 0.5) is 13.2 Å². The van der Waals surface area contributed by atoms with Crippen molar-refractivity contribution in [2.45, 2.75) is 32.0 Å². The second kappa shape index (κ2) is 7.33. The van der Waals surface area contributed by atoms with Gasteiger partial charge in [-0.2, -0.15) is 13.2 Å². The summed E-state index contributed by atoms with van der Waals surface area (Å²) < 4.78 is 35.9. The predicted molar refractivity (Wildman–Crippen MR) is 61.9 cm³/mol. The number of aliphatic hydroxyl groups excluding tert-OH is 1. The highest BCUT2D eigenvalue weighted by molar-refractivity contribution is 5.12. The summed E-state index contributed by atoms with van der Waals surface area (Å²) in [6.07, 6.45) is -0.224. The molecular formula is C12H17F3N2O. The Labute approximate surface area is 104 Å². The van der Waals surface area contributed by atoms with Crippen molar-refractivity contribution in [3.05, 3.63) is 29.6 Å². The minimum Gasteiger partial charge on any atom is -0.390 e. The molecule has 102 valence electrons. The standard InChI is InChI=1S/C7H6F3NO.C5H11N/c8-7(9,10)6-3-1-2-5(4-12)11-6;1-2-4-6-5-3-1/h1-3,12H,4H2;6H,1-5H2. The molecular weight excluding hydrogens is 245 g/mol. The average molecular weight is 262 g/mol. The second-order valence-corrected chi connectivity index (χ2v) is 3.98. The lowest BCUT2D eigenvalue weighted by atomic mass is 10.2. The Morgan fingerprint density at radius 1 is 1.17 bits per heavy atom. The minimum atomic E-state index is -4.44. The number of alkyl halides is 3. The lowest BCUT2D eigenvalue weighted by Crippen LogP contribution is -2.21. The summed E-state index contributed by atoms with van der Waals surface area (Å²) in [7, 11) is 0. The summed E-state index contributed by atoms with van der Waals surface area (Å²) in [5.41, 5.74) is -0.959. The van der Waals surface area contributed by atoms with Crippen molar-refractivity contribution in [1.29, 1.82) is 0 Å². The third kappa shape index (κ3) is 5.46. The number of rotatable bonds is 1. The largest absolute Gasteiger partial charge is 0.433 e. The van der Waals surface area contributed by atoms with Gasteiger partial charge in [-0.1, -0.05) is 12.5 Å². The molecule has 3 nitrogen and oxygen atoms in total. The summed E-state index contributed by atoms with van der Waals surface area (Å²) in [4.78, 5) is 3.19. The van der Waals surface area contributed by atoms with E-state index in [0.717, 1.165) is 6.07 Å². The lowest BCUT2D eigenvalue weighted by Gasteiger charge is -2.08. The number of halogens is 3. The Kier molecular flexibility index (Phi) is 6.07. The van der Waals surface area contributed by atoms with Crippen LogP contribution in [0.1, 0.15) is 30.7 Å². The van der Waals surface area contributed by atoms with Gasteiger partial charge in [0, 0.05) is 0 Å². The van der Waals surface area contributed by atoms with Crippen LogP contribution in [-0.2, 0) is 12.8 Å². The smallest absolute Gasteiger partial charge is 0.390 e. The summed E-state index contributed by atoms with van der Waals surface area (Å²) in [5, 5.41) is 11.8. The molecule has 0 bridgehead atoms. The van der Waals surface area contributed by atoms with E-state index < -0.39 is 18.5 Å². The maximum atomic E-state index is 12.0.